The molecule has 1 heterocycles. The van der Waals surface area contributed by atoms with E-state index in [1.807, 2.05) is 0 Å². The molecule has 4 heteroatoms. The van der Waals surface area contributed by atoms with E-state index < -0.39 is 0 Å². The smallest absolute Gasteiger partial charge is 0.0703 e. The van der Waals surface area contributed by atoms with Gasteiger partial charge >= 0.3 is 0 Å². The number of hydrogen-bond acceptors (Lipinski definition) is 3. The van der Waals surface area contributed by atoms with Gasteiger partial charge in [0.05, 0.1) is 12.2 Å². The standard InChI is InChI=1S/C11H24N2O.ClH/c1-5-10-7-13(6-9(2)14-10)8-11(3,4)12;/h9-10H,5-8,12H2,1-4H3;1H. The van der Waals surface area contributed by atoms with E-state index in [2.05, 4.69) is 32.6 Å². The molecule has 1 aliphatic heterocycles. The number of nitrogens with two attached hydrogens (primary N) is 1. The Bertz CT molecular complexity index is 182. The van der Waals surface area contributed by atoms with Crippen molar-refractivity contribution in [3.8, 4) is 0 Å². The Morgan fingerprint density at radius 3 is 2.47 bits per heavy atom. The number of ether oxygens (including phenoxy) is 1. The molecule has 1 fully saturated rings. The van der Waals surface area contributed by atoms with Crippen molar-refractivity contribution < 1.29 is 4.74 Å². The fourth-order valence-corrected chi connectivity index (χ4v) is 2.07. The summed E-state index contributed by atoms with van der Waals surface area (Å²) in [5.74, 6) is 0. The van der Waals surface area contributed by atoms with Gasteiger partial charge in [-0.15, -0.1) is 12.4 Å². The van der Waals surface area contributed by atoms with Crippen molar-refractivity contribution in [3.63, 3.8) is 0 Å². The van der Waals surface area contributed by atoms with E-state index >= 15 is 0 Å². The second kappa shape index (κ2) is 6.04. The maximum atomic E-state index is 6.02. The highest BCUT2D eigenvalue weighted by Gasteiger charge is 2.26. The Morgan fingerprint density at radius 2 is 2.00 bits per heavy atom. The van der Waals surface area contributed by atoms with E-state index in [4.69, 9.17) is 10.5 Å². The fraction of sp³-hybridized carbons (Fsp3) is 1.00. The van der Waals surface area contributed by atoms with Gasteiger partial charge in [-0.25, -0.2) is 0 Å². The molecule has 0 aromatic heterocycles. The molecule has 1 rings (SSSR count). The van der Waals surface area contributed by atoms with Crippen LogP contribution in [0.2, 0.25) is 0 Å². The highest BCUT2D eigenvalue weighted by Crippen LogP contribution is 2.15. The third-order valence-corrected chi connectivity index (χ3v) is 2.49. The predicted molar refractivity (Wildman–Crippen MR) is 66.6 cm³/mol. The number of morpholine rings is 1. The molecule has 1 saturated heterocycles. The van der Waals surface area contributed by atoms with Crippen LogP contribution in [0.5, 0.6) is 0 Å². The van der Waals surface area contributed by atoms with Crippen LogP contribution in [0, 0.1) is 0 Å². The zero-order valence-electron chi connectivity index (χ0n) is 10.3. The second-order valence-electron chi connectivity index (χ2n) is 5.16. The number of halogens is 1. The molecule has 92 valence electrons. The molecular weight excluding hydrogens is 212 g/mol. The Hall–Kier alpha value is 0.170. The zero-order chi connectivity index (χ0) is 10.8. The summed E-state index contributed by atoms with van der Waals surface area (Å²) in [6.45, 7) is 11.5. The van der Waals surface area contributed by atoms with Gasteiger partial charge in [0.2, 0.25) is 0 Å². The van der Waals surface area contributed by atoms with Crippen molar-refractivity contribution in [2.24, 2.45) is 5.73 Å². The molecule has 0 amide bonds. The van der Waals surface area contributed by atoms with Gasteiger partial charge in [-0.05, 0) is 27.2 Å². The van der Waals surface area contributed by atoms with E-state index in [0.717, 1.165) is 26.1 Å². The lowest BCUT2D eigenvalue weighted by molar-refractivity contribution is -0.0809. The largest absolute Gasteiger partial charge is 0.373 e. The molecule has 2 atom stereocenters. The van der Waals surface area contributed by atoms with Gasteiger partial charge in [-0.3, -0.25) is 4.90 Å². The van der Waals surface area contributed by atoms with Crippen LogP contribution in [0.3, 0.4) is 0 Å². The summed E-state index contributed by atoms with van der Waals surface area (Å²) in [6, 6.07) is 0. The molecule has 1 aliphatic rings. The van der Waals surface area contributed by atoms with E-state index in [1.54, 1.807) is 0 Å². The number of nitrogens with zero attached hydrogens (tertiary/aromatic N) is 1. The van der Waals surface area contributed by atoms with Crippen LogP contribution in [0.1, 0.15) is 34.1 Å². The predicted octanol–water partition coefficient (Wildman–Crippen LogP) is 1.64. The van der Waals surface area contributed by atoms with Crippen LogP contribution < -0.4 is 5.73 Å². The lowest BCUT2D eigenvalue weighted by Crippen LogP contribution is -2.53. The molecule has 0 aliphatic carbocycles. The third kappa shape index (κ3) is 5.71. The molecule has 2 unspecified atom stereocenters. The summed E-state index contributed by atoms with van der Waals surface area (Å²) in [7, 11) is 0. The number of rotatable bonds is 3. The topological polar surface area (TPSA) is 38.5 Å². The quantitative estimate of drug-likeness (QED) is 0.810. The van der Waals surface area contributed by atoms with Gasteiger partial charge in [0.15, 0.2) is 0 Å². The van der Waals surface area contributed by atoms with Crippen LogP contribution in [-0.4, -0.2) is 42.3 Å². The molecule has 0 saturated carbocycles. The van der Waals surface area contributed by atoms with Crippen molar-refractivity contribution in [1.29, 1.82) is 0 Å². The van der Waals surface area contributed by atoms with E-state index in [-0.39, 0.29) is 17.9 Å². The summed E-state index contributed by atoms with van der Waals surface area (Å²) >= 11 is 0. The molecule has 0 aromatic rings. The summed E-state index contributed by atoms with van der Waals surface area (Å²) < 4.78 is 5.80. The molecule has 0 radical (unpaired) electrons. The molecule has 0 aromatic carbocycles. The average Bonchev–Trinajstić information content (AvgIpc) is 1.99. The maximum Gasteiger partial charge on any atom is 0.0703 e. The Balaban J connectivity index is 0.00000196. The van der Waals surface area contributed by atoms with Gasteiger partial charge in [0.1, 0.15) is 0 Å². The summed E-state index contributed by atoms with van der Waals surface area (Å²) in [4.78, 5) is 2.42. The van der Waals surface area contributed by atoms with Gasteiger partial charge in [0.25, 0.3) is 0 Å². The number of hydrogen-bond donors (Lipinski definition) is 1. The summed E-state index contributed by atoms with van der Waals surface area (Å²) in [5.41, 5.74) is 5.91. The Morgan fingerprint density at radius 1 is 1.40 bits per heavy atom. The van der Waals surface area contributed by atoms with Crippen molar-refractivity contribution in [1.82, 2.24) is 4.90 Å². The highest BCUT2D eigenvalue weighted by molar-refractivity contribution is 5.85. The zero-order valence-corrected chi connectivity index (χ0v) is 11.1. The third-order valence-electron chi connectivity index (χ3n) is 2.49. The van der Waals surface area contributed by atoms with Crippen LogP contribution in [0.15, 0.2) is 0 Å². The van der Waals surface area contributed by atoms with Gasteiger partial charge < -0.3 is 10.5 Å². The monoisotopic (exact) mass is 236 g/mol. The Labute approximate surface area is 99.7 Å². The van der Waals surface area contributed by atoms with E-state index in [0.29, 0.717) is 12.2 Å². The molecule has 3 nitrogen and oxygen atoms in total. The molecule has 15 heavy (non-hydrogen) atoms. The van der Waals surface area contributed by atoms with Crippen molar-refractivity contribution in [2.75, 3.05) is 19.6 Å². The minimum absolute atomic E-state index is 0. The van der Waals surface area contributed by atoms with Crippen LogP contribution in [0.4, 0.5) is 0 Å². The minimum atomic E-state index is -0.102. The van der Waals surface area contributed by atoms with Gasteiger partial charge in [0, 0.05) is 25.2 Å². The van der Waals surface area contributed by atoms with Crippen molar-refractivity contribution >= 4 is 12.4 Å². The first kappa shape index (κ1) is 15.2. The summed E-state index contributed by atoms with van der Waals surface area (Å²) in [5, 5.41) is 0. The fourth-order valence-electron chi connectivity index (χ4n) is 2.07. The first-order valence-corrected chi connectivity index (χ1v) is 5.57. The lowest BCUT2D eigenvalue weighted by atomic mass is 10.0. The normalized spacial score (nSPS) is 28.6. The second-order valence-corrected chi connectivity index (χ2v) is 5.16. The van der Waals surface area contributed by atoms with Crippen molar-refractivity contribution in [3.05, 3.63) is 0 Å². The van der Waals surface area contributed by atoms with Crippen LogP contribution in [-0.2, 0) is 4.74 Å². The minimum Gasteiger partial charge on any atom is -0.373 e. The van der Waals surface area contributed by atoms with E-state index in [9.17, 15) is 0 Å². The maximum absolute atomic E-state index is 6.02. The SMILES string of the molecule is CCC1CN(CC(C)(C)N)CC(C)O1.Cl. The first-order valence-electron chi connectivity index (χ1n) is 5.57. The average molecular weight is 237 g/mol. The molecular formula is C11H25ClN2O. The lowest BCUT2D eigenvalue weighted by Gasteiger charge is -2.39. The van der Waals surface area contributed by atoms with Crippen LogP contribution in [0.25, 0.3) is 0 Å². The molecule has 0 bridgehead atoms. The summed E-state index contributed by atoms with van der Waals surface area (Å²) in [6.07, 6.45) is 1.82. The highest BCUT2D eigenvalue weighted by atomic mass is 35.5. The Kier molecular flexibility index (Phi) is 6.11. The molecule has 2 N–H and O–H groups in total. The van der Waals surface area contributed by atoms with Gasteiger partial charge in [-0.1, -0.05) is 6.92 Å². The molecule has 0 spiro atoms. The van der Waals surface area contributed by atoms with Gasteiger partial charge in [-0.2, -0.15) is 0 Å². The van der Waals surface area contributed by atoms with Crippen LogP contribution >= 0.6 is 12.4 Å². The first-order chi connectivity index (χ1) is 6.40. The van der Waals surface area contributed by atoms with E-state index in [1.165, 1.54) is 0 Å². The van der Waals surface area contributed by atoms with Crippen molar-refractivity contribution in [2.45, 2.75) is 51.9 Å².